The molecule has 0 aliphatic carbocycles. The number of hydrogen-bond donors (Lipinski definition) is 1. The summed E-state index contributed by atoms with van der Waals surface area (Å²) >= 11 is 0. The number of ether oxygens (including phenoxy) is 2. The van der Waals surface area contributed by atoms with E-state index in [9.17, 15) is 0 Å². The summed E-state index contributed by atoms with van der Waals surface area (Å²) in [6, 6.07) is 0.383. The summed E-state index contributed by atoms with van der Waals surface area (Å²) in [5, 5.41) is 3.29. The first-order valence-electron chi connectivity index (χ1n) is 6.24. The Morgan fingerprint density at radius 3 is 2.59 bits per heavy atom. The van der Waals surface area contributed by atoms with Crippen molar-refractivity contribution in [3.8, 4) is 0 Å². The van der Waals surface area contributed by atoms with Gasteiger partial charge in [0.15, 0.2) is 0 Å². The molecule has 0 aromatic rings. The maximum absolute atomic E-state index is 5.20. The monoisotopic (exact) mass is 244 g/mol. The largest absolute Gasteiger partial charge is 0.383 e. The van der Waals surface area contributed by atoms with Crippen molar-refractivity contribution in [2.75, 3.05) is 53.6 Å². The van der Waals surface area contributed by atoms with Crippen molar-refractivity contribution in [2.45, 2.75) is 19.9 Å². The molecule has 0 amide bonds. The van der Waals surface area contributed by atoms with Gasteiger partial charge in [-0.3, -0.25) is 4.90 Å². The molecule has 0 rings (SSSR count). The molecular weight excluding hydrogens is 216 g/mol. The second-order valence-corrected chi connectivity index (χ2v) is 4.30. The zero-order valence-electron chi connectivity index (χ0n) is 11.8. The van der Waals surface area contributed by atoms with Crippen molar-refractivity contribution in [2.24, 2.45) is 0 Å². The number of hydrogen-bond acceptors (Lipinski definition) is 4. The van der Waals surface area contributed by atoms with Crippen LogP contribution in [0.2, 0.25) is 0 Å². The Kier molecular flexibility index (Phi) is 10.5. The molecule has 0 heterocycles. The van der Waals surface area contributed by atoms with E-state index in [1.54, 1.807) is 14.2 Å². The molecule has 0 bridgehead atoms. The van der Waals surface area contributed by atoms with Crippen LogP contribution in [0.25, 0.3) is 0 Å². The van der Waals surface area contributed by atoms with Crippen LogP contribution in [0.5, 0.6) is 0 Å². The lowest BCUT2D eigenvalue weighted by atomic mass is 10.2. The van der Waals surface area contributed by atoms with Crippen LogP contribution in [0.3, 0.4) is 0 Å². The summed E-state index contributed by atoms with van der Waals surface area (Å²) in [6.07, 6.45) is 0. The van der Waals surface area contributed by atoms with Crippen molar-refractivity contribution in [1.82, 2.24) is 10.2 Å². The van der Waals surface area contributed by atoms with Crippen LogP contribution in [0.1, 0.15) is 13.8 Å². The van der Waals surface area contributed by atoms with Crippen molar-refractivity contribution >= 4 is 0 Å². The third-order valence-electron chi connectivity index (χ3n) is 2.67. The van der Waals surface area contributed by atoms with Crippen LogP contribution in [-0.4, -0.2) is 64.6 Å². The number of nitrogens with one attached hydrogen (secondary N) is 1. The highest BCUT2D eigenvalue weighted by Crippen LogP contribution is 2.03. The molecule has 0 aromatic heterocycles. The van der Waals surface area contributed by atoms with Gasteiger partial charge in [-0.05, 0) is 19.0 Å². The van der Waals surface area contributed by atoms with E-state index < -0.39 is 0 Å². The van der Waals surface area contributed by atoms with Gasteiger partial charge in [0.2, 0.25) is 0 Å². The molecule has 17 heavy (non-hydrogen) atoms. The predicted molar refractivity (Wildman–Crippen MR) is 72.5 cm³/mol. The summed E-state index contributed by atoms with van der Waals surface area (Å²) in [4.78, 5) is 2.34. The van der Waals surface area contributed by atoms with Gasteiger partial charge in [0.05, 0.1) is 13.2 Å². The van der Waals surface area contributed by atoms with Gasteiger partial charge in [0, 0.05) is 39.9 Å². The topological polar surface area (TPSA) is 33.7 Å². The number of nitrogens with zero attached hydrogens (tertiary/aromatic N) is 1. The van der Waals surface area contributed by atoms with Crippen molar-refractivity contribution in [3.63, 3.8) is 0 Å². The Morgan fingerprint density at radius 2 is 2.06 bits per heavy atom. The predicted octanol–water partition coefficient (Wildman–Crippen LogP) is 1.14. The van der Waals surface area contributed by atoms with Gasteiger partial charge in [0.1, 0.15) is 0 Å². The molecule has 0 radical (unpaired) electrons. The smallest absolute Gasteiger partial charge is 0.0615 e. The average Bonchev–Trinajstić information content (AvgIpc) is 2.32. The summed E-state index contributed by atoms with van der Waals surface area (Å²) < 4.78 is 10.3. The standard InChI is InChI=1S/C13H28N2O2/c1-6-14-9-12(2)10-15(7-8-16-4)13(3)11-17-5/h13-14H,2,6-11H2,1,3-5H3. The van der Waals surface area contributed by atoms with Gasteiger partial charge >= 0.3 is 0 Å². The molecule has 0 aromatic carbocycles. The van der Waals surface area contributed by atoms with Gasteiger partial charge in [-0.25, -0.2) is 0 Å². The summed E-state index contributed by atoms with van der Waals surface area (Å²) in [5.41, 5.74) is 1.20. The fraction of sp³-hybridized carbons (Fsp3) is 0.846. The first-order chi connectivity index (χ1) is 8.15. The van der Waals surface area contributed by atoms with E-state index in [-0.39, 0.29) is 0 Å². The highest BCUT2D eigenvalue weighted by Gasteiger charge is 2.14. The third kappa shape index (κ3) is 8.32. The fourth-order valence-electron chi connectivity index (χ4n) is 1.66. The first kappa shape index (κ1) is 16.6. The minimum atomic E-state index is 0.383. The van der Waals surface area contributed by atoms with E-state index in [0.29, 0.717) is 6.04 Å². The SMILES string of the molecule is C=C(CNCC)CN(CCOC)C(C)COC. The Labute approximate surface area is 106 Å². The second kappa shape index (κ2) is 10.7. The van der Waals surface area contributed by atoms with Gasteiger partial charge in [-0.1, -0.05) is 13.5 Å². The van der Waals surface area contributed by atoms with E-state index in [4.69, 9.17) is 9.47 Å². The average molecular weight is 244 g/mol. The highest BCUT2D eigenvalue weighted by atomic mass is 16.5. The Morgan fingerprint density at radius 1 is 1.35 bits per heavy atom. The molecule has 1 atom stereocenters. The number of rotatable bonds is 11. The van der Waals surface area contributed by atoms with Crippen LogP contribution in [0.15, 0.2) is 12.2 Å². The molecular formula is C13H28N2O2. The van der Waals surface area contributed by atoms with E-state index in [2.05, 4.69) is 30.6 Å². The fourth-order valence-corrected chi connectivity index (χ4v) is 1.66. The molecule has 0 aliphatic rings. The van der Waals surface area contributed by atoms with E-state index >= 15 is 0 Å². The van der Waals surface area contributed by atoms with Gasteiger partial charge in [0.25, 0.3) is 0 Å². The third-order valence-corrected chi connectivity index (χ3v) is 2.67. The van der Waals surface area contributed by atoms with E-state index in [0.717, 1.165) is 39.4 Å². The zero-order chi connectivity index (χ0) is 13.1. The molecule has 1 unspecified atom stereocenters. The van der Waals surface area contributed by atoms with Crippen LogP contribution in [-0.2, 0) is 9.47 Å². The Balaban J connectivity index is 4.11. The molecule has 4 nitrogen and oxygen atoms in total. The van der Waals surface area contributed by atoms with Gasteiger partial charge in [-0.15, -0.1) is 0 Å². The molecule has 1 N–H and O–H groups in total. The summed E-state index contributed by atoms with van der Waals surface area (Å²) in [6.45, 7) is 13.5. The Bertz CT molecular complexity index is 198. The molecule has 4 heteroatoms. The highest BCUT2D eigenvalue weighted by molar-refractivity contribution is 5.00. The molecule has 0 fully saturated rings. The number of methoxy groups -OCH3 is 2. The number of likely N-dealkylation sites (N-methyl/N-ethyl adjacent to an activating group) is 1. The summed E-state index contributed by atoms with van der Waals surface area (Å²) in [7, 11) is 3.46. The Hall–Kier alpha value is -0.420. The summed E-state index contributed by atoms with van der Waals surface area (Å²) in [5.74, 6) is 0. The van der Waals surface area contributed by atoms with Crippen LogP contribution < -0.4 is 5.32 Å². The first-order valence-corrected chi connectivity index (χ1v) is 6.24. The quantitative estimate of drug-likeness (QED) is 0.553. The molecule has 0 aliphatic heterocycles. The van der Waals surface area contributed by atoms with Gasteiger partial charge < -0.3 is 14.8 Å². The molecule has 0 saturated carbocycles. The normalized spacial score (nSPS) is 13.0. The lowest BCUT2D eigenvalue weighted by molar-refractivity contribution is 0.0807. The van der Waals surface area contributed by atoms with Crippen LogP contribution >= 0.6 is 0 Å². The minimum absolute atomic E-state index is 0.383. The van der Waals surface area contributed by atoms with Crippen molar-refractivity contribution in [1.29, 1.82) is 0 Å². The van der Waals surface area contributed by atoms with Crippen LogP contribution in [0.4, 0.5) is 0 Å². The zero-order valence-corrected chi connectivity index (χ0v) is 11.8. The lowest BCUT2D eigenvalue weighted by Crippen LogP contribution is -2.40. The molecule has 0 spiro atoms. The second-order valence-electron chi connectivity index (χ2n) is 4.30. The minimum Gasteiger partial charge on any atom is -0.383 e. The maximum atomic E-state index is 5.20. The lowest BCUT2D eigenvalue weighted by Gasteiger charge is -2.29. The maximum Gasteiger partial charge on any atom is 0.0615 e. The van der Waals surface area contributed by atoms with Crippen molar-refractivity contribution in [3.05, 3.63) is 12.2 Å². The molecule has 0 saturated heterocycles. The van der Waals surface area contributed by atoms with Crippen LogP contribution in [0, 0.1) is 0 Å². The van der Waals surface area contributed by atoms with Crippen molar-refractivity contribution < 1.29 is 9.47 Å². The van der Waals surface area contributed by atoms with E-state index in [1.807, 2.05) is 0 Å². The van der Waals surface area contributed by atoms with Gasteiger partial charge in [-0.2, -0.15) is 0 Å². The molecule has 102 valence electrons. The van der Waals surface area contributed by atoms with E-state index in [1.165, 1.54) is 5.57 Å².